The Morgan fingerprint density at radius 1 is 1.08 bits per heavy atom. The number of carbonyl (C=O) groups is 3. The molecule has 0 aliphatic rings. The molecule has 132 valence electrons. The van der Waals surface area contributed by atoms with Gasteiger partial charge in [-0.2, -0.15) is 5.10 Å². The number of H-pyrrole nitrogens is 1. The van der Waals surface area contributed by atoms with Crippen LogP contribution >= 0.6 is 0 Å². The summed E-state index contributed by atoms with van der Waals surface area (Å²) in [6.45, 7) is 2.94. The first-order chi connectivity index (χ1) is 12.5. The summed E-state index contributed by atoms with van der Waals surface area (Å²) in [6.07, 6.45) is -1.01. The maximum absolute atomic E-state index is 12.3. The Morgan fingerprint density at radius 3 is 2.46 bits per heavy atom. The number of hydrogen-bond acceptors (Lipinski definition) is 5. The molecule has 1 atom stereocenters. The molecule has 2 N–H and O–H groups in total. The zero-order valence-electron chi connectivity index (χ0n) is 14.3. The first-order valence-corrected chi connectivity index (χ1v) is 8.01. The van der Waals surface area contributed by atoms with E-state index in [1.807, 2.05) is 6.07 Å². The highest BCUT2D eigenvalue weighted by Crippen LogP contribution is 2.17. The average molecular weight is 351 g/mol. The van der Waals surface area contributed by atoms with E-state index in [0.29, 0.717) is 22.2 Å². The van der Waals surface area contributed by atoms with Gasteiger partial charge in [0.2, 0.25) is 0 Å². The summed E-state index contributed by atoms with van der Waals surface area (Å²) in [4.78, 5) is 35.8. The van der Waals surface area contributed by atoms with Crippen molar-refractivity contribution >= 4 is 34.3 Å². The number of hydrogen-bond donors (Lipinski definition) is 2. The molecule has 7 nitrogen and oxygen atoms in total. The van der Waals surface area contributed by atoms with Gasteiger partial charge in [-0.1, -0.05) is 18.2 Å². The Balaban J connectivity index is 1.65. The van der Waals surface area contributed by atoms with Crippen LogP contribution in [0.4, 0.5) is 5.69 Å². The molecule has 0 unspecified atom stereocenters. The summed E-state index contributed by atoms with van der Waals surface area (Å²) in [5, 5.41) is 9.97. The normalized spacial score (nSPS) is 11.8. The molecule has 3 rings (SSSR count). The second kappa shape index (κ2) is 7.18. The van der Waals surface area contributed by atoms with Gasteiger partial charge >= 0.3 is 5.97 Å². The van der Waals surface area contributed by atoms with Crippen molar-refractivity contribution in [3.8, 4) is 0 Å². The summed E-state index contributed by atoms with van der Waals surface area (Å²) in [7, 11) is 0. The Bertz CT molecular complexity index is 976. The zero-order chi connectivity index (χ0) is 18.7. The highest BCUT2D eigenvalue weighted by molar-refractivity contribution is 6.03. The van der Waals surface area contributed by atoms with Gasteiger partial charge < -0.3 is 10.1 Å². The van der Waals surface area contributed by atoms with Crippen molar-refractivity contribution in [3.63, 3.8) is 0 Å². The van der Waals surface area contributed by atoms with Gasteiger partial charge in [0.1, 0.15) is 0 Å². The predicted octanol–water partition coefficient (Wildman–Crippen LogP) is 2.95. The second-order valence-electron chi connectivity index (χ2n) is 5.79. The van der Waals surface area contributed by atoms with Crippen molar-refractivity contribution in [1.29, 1.82) is 0 Å². The van der Waals surface area contributed by atoms with Crippen LogP contribution in [-0.2, 0) is 9.53 Å². The Morgan fingerprint density at radius 2 is 1.77 bits per heavy atom. The third kappa shape index (κ3) is 3.61. The lowest BCUT2D eigenvalue weighted by Gasteiger charge is -2.13. The summed E-state index contributed by atoms with van der Waals surface area (Å²) in [5.41, 5.74) is 1.90. The van der Waals surface area contributed by atoms with E-state index >= 15 is 0 Å². The van der Waals surface area contributed by atoms with Crippen LogP contribution in [0.2, 0.25) is 0 Å². The second-order valence-corrected chi connectivity index (χ2v) is 5.79. The molecule has 2 aromatic carbocycles. The number of rotatable bonds is 5. The zero-order valence-corrected chi connectivity index (χ0v) is 14.3. The lowest BCUT2D eigenvalue weighted by atomic mass is 10.1. The van der Waals surface area contributed by atoms with Crippen LogP contribution in [0.5, 0.6) is 0 Å². The van der Waals surface area contributed by atoms with Crippen LogP contribution in [-0.4, -0.2) is 34.0 Å². The van der Waals surface area contributed by atoms with Crippen molar-refractivity contribution in [3.05, 3.63) is 59.8 Å². The minimum absolute atomic E-state index is 0.0589. The Kier molecular flexibility index (Phi) is 4.79. The molecule has 1 amide bonds. The highest BCUT2D eigenvalue weighted by atomic mass is 16.5. The number of Topliss-reactive ketones (excluding diaryl/α,β-unsaturated/α-hetero) is 1. The minimum Gasteiger partial charge on any atom is -0.448 e. The van der Waals surface area contributed by atoms with Crippen molar-refractivity contribution < 1.29 is 19.1 Å². The van der Waals surface area contributed by atoms with Crippen molar-refractivity contribution in [2.75, 3.05) is 5.32 Å². The third-order valence-corrected chi connectivity index (χ3v) is 3.88. The van der Waals surface area contributed by atoms with Crippen molar-refractivity contribution in [1.82, 2.24) is 10.2 Å². The predicted molar refractivity (Wildman–Crippen MR) is 96.0 cm³/mol. The molecule has 0 saturated heterocycles. The van der Waals surface area contributed by atoms with Crippen LogP contribution in [0, 0.1) is 0 Å². The van der Waals surface area contributed by atoms with Gasteiger partial charge in [0.15, 0.2) is 17.6 Å². The number of benzene rings is 2. The van der Waals surface area contributed by atoms with Crippen molar-refractivity contribution in [2.45, 2.75) is 20.0 Å². The fourth-order valence-electron chi connectivity index (χ4n) is 2.42. The third-order valence-electron chi connectivity index (χ3n) is 3.88. The molecular weight excluding hydrogens is 334 g/mol. The van der Waals surface area contributed by atoms with Gasteiger partial charge in [0, 0.05) is 16.6 Å². The minimum atomic E-state index is -1.01. The fourth-order valence-corrected chi connectivity index (χ4v) is 2.42. The van der Waals surface area contributed by atoms with E-state index in [0.717, 1.165) is 0 Å². The van der Waals surface area contributed by atoms with Crippen molar-refractivity contribution in [2.24, 2.45) is 0 Å². The van der Waals surface area contributed by atoms with Gasteiger partial charge in [-0.25, -0.2) is 4.79 Å². The van der Waals surface area contributed by atoms with Gasteiger partial charge in [-0.3, -0.25) is 14.7 Å². The van der Waals surface area contributed by atoms with Gasteiger partial charge in [-0.15, -0.1) is 0 Å². The first-order valence-electron chi connectivity index (χ1n) is 8.01. The van der Waals surface area contributed by atoms with E-state index in [2.05, 4.69) is 15.5 Å². The number of aromatic amines is 1. The summed E-state index contributed by atoms with van der Waals surface area (Å²) in [6, 6.07) is 13.6. The molecule has 26 heavy (non-hydrogen) atoms. The van der Waals surface area contributed by atoms with E-state index in [9.17, 15) is 14.4 Å². The monoisotopic (exact) mass is 351 g/mol. The highest BCUT2D eigenvalue weighted by Gasteiger charge is 2.22. The molecule has 0 bridgehead atoms. The quantitative estimate of drug-likeness (QED) is 0.544. The molecule has 0 radical (unpaired) electrons. The number of para-hydroxylation sites is 1. The number of amides is 1. The number of nitrogens with one attached hydrogen (secondary N) is 2. The number of fused-ring (bicyclic) bond motifs is 1. The average Bonchev–Trinajstić information content (AvgIpc) is 3.06. The number of ether oxygens (including phenoxy) is 1. The number of nitrogens with zero attached hydrogens (tertiary/aromatic N) is 1. The molecule has 1 heterocycles. The van der Waals surface area contributed by atoms with Crippen LogP contribution < -0.4 is 5.32 Å². The number of esters is 1. The van der Waals surface area contributed by atoms with E-state index < -0.39 is 18.0 Å². The fraction of sp³-hybridized carbons (Fsp3) is 0.158. The molecular formula is C19H17N3O4. The molecule has 1 aromatic heterocycles. The molecule has 7 heteroatoms. The smallest absolute Gasteiger partial charge is 0.360 e. The van der Waals surface area contributed by atoms with Gasteiger partial charge in [0.05, 0.1) is 5.52 Å². The van der Waals surface area contributed by atoms with Crippen LogP contribution in [0.25, 0.3) is 10.9 Å². The van der Waals surface area contributed by atoms with E-state index in [-0.39, 0.29) is 11.5 Å². The number of carbonyl (C=O) groups excluding carboxylic acids is 3. The molecule has 0 spiro atoms. The number of ketones is 1. The lowest BCUT2D eigenvalue weighted by Crippen LogP contribution is -2.30. The largest absolute Gasteiger partial charge is 0.448 e. The van der Waals surface area contributed by atoms with Gasteiger partial charge in [-0.05, 0) is 44.2 Å². The van der Waals surface area contributed by atoms with Crippen LogP contribution in [0.3, 0.4) is 0 Å². The van der Waals surface area contributed by atoms with Crippen LogP contribution in [0.15, 0.2) is 48.5 Å². The lowest BCUT2D eigenvalue weighted by molar-refractivity contribution is -0.123. The summed E-state index contributed by atoms with van der Waals surface area (Å²) < 4.78 is 5.21. The standard InChI is InChI=1S/C19H17N3O4/c1-11(23)13-7-9-14(10-8-13)20-18(24)12(2)26-19(25)17-15-5-3-4-6-16(15)21-22-17/h3-10,12H,1-2H3,(H,20,24)(H,21,22)/t12-/m1/s1. The SMILES string of the molecule is CC(=O)c1ccc(NC(=O)[C@@H](C)OC(=O)c2n[nH]c3ccccc23)cc1. The van der Waals surface area contributed by atoms with Crippen LogP contribution in [0.1, 0.15) is 34.7 Å². The molecule has 3 aromatic rings. The summed E-state index contributed by atoms with van der Waals surface area (Å²) >= 11 is 0. The van der Waals surface area contributed by atoms with E-state index in [1.165, 1.54) is 13.8 Å². The van der Waals surface area contributed by atoms with E-state index in [1.54, 1.807) is 42.5 Å². The topological polar surface area (TPSA) is 101 Å². The maximum Gasteiger partial charge on any atom is 0.360 e. The maximum atomic E-state index is 12.3. The Labute approximate surface area is 149 Å². The van der Waals surface area contributed by atoms with Gasteiger partial charge in [0.25, 0.3) is 5.91 Å². The number of anilines is 1. The molecule has 0 saturated carbocycles. The molecule has 0 fully saturated rings. The Hall–Kier alpha value is -3.48. The summed E-state index contributed by atoms with van der Waals surface area (Å²) in [5.74, 6) is -1.22. The number of aromatic nitrogens is 2. The van der Waals surface area contributed by atoms with E-state index in [4.69, 9.17) is 4.74 Å². The molecule has 0 aliphatic heterocycles. The first kappa shape index (κ1) is 17.3. The molecule has 0 aliphatic carbocycles.